The average Bonchev–Trinajstić information content (AvgIpc) is 3.09. The van der Waals surface area contributed by atoms with Gasteiger partial charge in [-0.1, -0.05) is 104 Å². The highest BCUT2D eigenvalue weighted by Crippen LogP contribution is 2.44. The number of aliphatic imine (C=N–C) groups is 2. The van der Waals surface area contributed by atoms with Crippen molar-refractivity contribution in [1.29, 1.82) is 0 Å². The van der Waals surface area contributed by atoms with Crippen LogP contribution in [-0.4, -0.2) is 27.3 Å². The molecule has 268 valence electrons. The van der Waals surface area contributed by atoms with Gasteiger partial charge in [0.15, 0.2) is 0 Å². The van der Waals surface area contributed by atoms with Crippen LogP contribution in [0.2, 0.25) is 0 Å². The first-order valence-electron chi connectivity index (χ1n) is 18.3. The van der Waals surface area contributed by atoms with Crippen molar-refractivity contribution in [3.63, 3.8) is 0 Å². The van der Waals surface area contributed by atoms with E-state index in [9.17, 15) is 10.1 Å². The summed E-state index contributed by atoms with van der Waals surface area (Å²) in [5.74, 6) is 0.571. The molecule has 2 aromatic heterocycles. The maximum atomic E-state index is 11.7. The van der Waals surface area contributed by atoms with Crippen molar-refractivity contribution in [2.45, 2.75) is 98.8 Å². The maximum Gasteiger partial charge on any atom is 0.269 e. The lowest BCUT2D eigenvalue weighted by Gasteiger charge is -2.27. The Kier molecular flexibility index (Phi) is 11.9. The van der Waals surface area contributed by atoms with Gasteiger partial charge in [-0.3, -0.25) is 30.1 Å². The third kappa shape index (κ3) is 8.76. The Morgan fingerprint density at radius 3 is 1.23 bits per heavy atom. The highest BCUT2D eigenvalue weighted by atomic mass is 16.6. The summed E-state index contributed by atoms with van der Waals surface area (Å²) in [4.78, 5) is 30.9. The third-order valence-corrected chi connectivity index (χ3v) is 9.45. The molecule has 52 heavy (non-hydrogen) atoms. The molecule has 0 N–H and O–H groups in total. The topological polar surface area (TPSA) is 93.6 Å². The van der Waals surface area contributed by atoms with Gasteiger partial charge >= 0.3 is 0 Å². The summed E-state index contributed by atoms with van der Waals surface area (Å²) in [5, 5.41) is 11.7. The minimum absolute atomic E-state index is 0.0721. The van der Waals surface area contributed by atoms with E-state index in [0.29, 0.717) is 0 Å². The molecule has 7 nitrogen and oxygen atoms in total. The molecule has 0 radical (unpaired) electrons. The number of nitro groups is 1. The van der Waals surface area contributed by atoms with Gasteiger partial charge in [-0.15, -0.1) is 0 Å². The van der Waals surface area contributed by atoms with Gasteiger partial charge in [0, 0.05) is 29.4 Å². The van der Waals surface area contributed by atoms with Gasteiger partial charge in [0.25, 0.3) is 5.69 Å². The number of aryl methyl sites for hydroxylation is 2. The molecule has 0 aliphatic heterocycles. The molecule has 0 aliphatic rings. The quantitative estimate of drug-likeness (QED) is 0.0562. The number of non-ortho nitro benzene ring substituents is 1. The van der Waals surface area contributed by atoms with E-state index in [2.05, 4.69) is 89.6 Å². The summed E-state index contributed by atoms with van der Waals surface area (Å²) >= 11 is 0. The van der Waals surface area contributed by atoms with Crippen molar-refractivity contribution in [2.75, 3.05) is 0 Å². The Hall–Kier alpha value is -5.30. The number of pyridine rings is 2. The van der Waals surface area contributed by atoms with Crippen LogP contribution < -0.4 is 0 Å². The van der Waals surface area contributed by atoms with Gasteiger partial charge in [0.2, 0.25) is 0 Å². The zero-order valence-electron chi connectivity index (χ0n) is 32.2. The first-order valence-corrected chi connectivity index (χ1v) is 18.3. The van der Waals surface area contributed by atoms with E-state index >= 15 is 0 Å². The first-order chi connectivity index (χ1) is 24.7. The van der Waals surface area contributed by atoms with Crippen molar-refractivity contribution < 1.29 is 4.92 Å². The van der Waals surface area contributed by atoms with Crippen LogP contribution in [0.1, 0.15) is 147 Å². The zero-order chi connectivity index (χ0) is 37.7. The van der Waals surface area contributed by atoms with E-state index in [-0.39, 0.29) is 40.2 Å². The molecule has 7 heteroatoms. The van der Waals surface area contributed by atoms with Gasteiger partial charge in [0.1, 0.15) is 0 Å². The smallest absolute Gasteiger partial charge is 0.258 e. The molecular formula is C45H51N5O2. The minimum Gasteiger partial charge on any atom is -0.258 e. The van der Waals surface area contributed by atoms with E-state index in [0.717, 1.165) is 73.1 Å². The molecule has 0 aliphatic carbocycles. The Bertz CT molecular complexity index is 1930. The normalized spacial score (nSPS) is 12.7. The number of nitro benzene ring substituents is 1. The molecule has 5 aromatic rings. The fourth-order valence-electron chi connectivity index (χ4n) is 6.70. The Morgan fingerprint density at radius 2 is 0.923 bits per heavy atom. The van der Waals surface area contributed by atoms with Crippen LogP contribution in [0.15, 0.2) is 94.9 Å². The van der Waals surface area contributed by atoms with Gasteiger partial charge in [-0.25, -0.2) is 0 Å². The van der Waals surface area contributed by atoms with E-state index in [1.54, 1.807) is 12.1 Å². The van der Waals surface area contributed by atoms with E-state index in [1.807, 2.05) is 74.8 Å². The fraction of sp³-hybridized carbons (Fsp3) is 0.333. The third-order valence-electron chi connectivity index (χ3n) is 9.45. The van der Waals surface area contributed by atoms with E-state index in [1.165, 1.54) is 0 Å². The predicted octanol–water partition coefficient (Wildman–Crippen LogP) is 12.2. The summed E-state index contributed by atoms with van der Waals surface area (Å²) in [6.07, 6.45) is 3.73. The molecule has 0 amide bonds. The van der Waals surface area contributed by atoms with Crippen LogP contribution in [0.3, 0.4) is 0 Å². The molecule has 0 saturated carbocycles. The second kappa shape index (κ2) is 16.4. The highest BCUT2D eigenvalue weighted by Gasteiger charge is 2.26. The SMILES string of the molecule is Cc1cccc(C=Nc2c(C(C)C)cc(C(c3ccc([N+](=O)[O-])cc3)c3cc(C(C)C)c(N=Cc4cccc(C)n4)c(C(C)C)c3)cc2C(C)C)n1. The monoisotopic (exact) mass is 693 g/mol. The molecule has 5 rings (SSSR count). The zero-order valence-corrected chi connectivity index (χ0v) is 32.2. The summed E-state index contributed by atoms with van der Waals surface area (Å²) in [5.41, 5.74) is 13.4. The lowest BCUT2D eigenvalue weighted by atomic mass is 9.78. The summed E-state index contributed by atoms with van der Waals surface area (Å²) < 4.78 is 0. The van der Waals surface area contributed by atoms with Crippen molar-refractivity contribution in [1.82, 2.24) is 9.97 Å². The van der Waals surface area contributed by atoms with Crippen LogP contribution in [0.4, 0.5) is 17.1 Å². The molecule has 3 aromatic carbocycles. The summed E-state index contributed by atoms with van der Waals surface area (Å²) in [6, 6.07) is 28.1. The molecule has 2 heterocycles. The standard InChI is InChI=1S/C45H51N5O2/c1-27(2)39-21-34(22-40(28(3)4)44(39)46-25-36-15-11-13-31(9)48-36)43(33-17-19-38(20-18-33)50(51)52)35-23-41(29(5)6)45(42(24-35)30(7)8)47-26-37-16-12-14-32(10)49-37/h11-30,43H,1-10H3. The van der Waals surface area contributed by atoms with Crippen LogP contribution >= 0.6 is 0 Å². The molecular weight excluding hydrogens is 643 g/mol. The second-order valence-electron chi connectivity index (χ2n) is 14.9. The number of rotatable bonds is 12. The Labute approximate surface area is 309 Å². The van der Waals surface area contributed by atoms with Gasteiger partial charge in [0.05, 0.1) is 40.1 Å². The average molecular weight is 694 g/mol. The Morgan fingerprint density at radius 1 is 0.558 bits per heavy atom. The summed E-state index contributed by atoms with van der Waals surface area (Å²) in [6.45, 7) is 21.6. The number of benzene rings is 3. The lowest BCUT2D eigenvalue weighted by Crippen LogP contribution is -2.09. The van der Waals surface area contributed by atoms with E-state index in [4.69, 9.17) is 9.98 Å². The molecule has 0 bridgehead atoms. The maximum absolute atomic E-state index is 11.7. The second-order valence-corrected chi connectivity index (χ2v) is 14.9. The minimum atomic E-state index is -0.341. The Balaban J connectivity index is 1.77. The lowest BCUT2D eigenvalue weighted by molar-refractivity contribution is -0.384. The predicted molar refractivity (Wildman–Crippen MR) is 216 cm³/mol. The first kappa shape index (κ1) is 37.9. The number of hydrogen-bond acceptors (Lipinski definition) is 6. The van der Waals surface area contributed by atoms with Crippen molar-refractivity contribution >= 4 is 29.5 Å². The number of aromatic nitrogens is 2. The van der Waals surface area contributed by atoms with Gasteiger partial charge < -0.3 is 0 Å². The van der Waals surface area contributed by atoms with Crippen molar-refractivity contribution in [3.8, 4) is 0 Å². The van der Waals surface area contributed by atoms with Crippen molar-refractivity contribution in [2.24, 2.45) is 9.98 Å². The number of hydrogen-bond donors (Lipinski definition) is 0. The largest absolute Gasteiger partial charge is 0.269 e. The van der Waals surface area contributed by atoms with E-state index < -0.39 is 0 Å². The van der Waals surface area contributed by atoms with Crippen LogP contribution in [0.25, 0.3) is 0 Å². The number of nitrogens with zero attached hydrogens (tertiary/aromatic N) is 5. The van der Waals surface area contributed by atoms with Gasteiger partial charge in [-0.05, 0) is 101 Å². The highest BCUT2D eigenvalue weighted by molar-refractivity contribution is 5.82. The van der Waals surface area contributed by atoms with Crippen molar-refractivity contribution in [3.05, 3.63) is 157 Å². The summed E-state index contributed by atoms with van der Waals surface area (Å²) in [7, 11) is 0. The molecule has 0 atom stereocenters. The van der Waals surface area contributed by atoms with Crippen LogP contribution in [0, 0.1) is 24.0 Å². The van der Waals surface area contributed by atoms with Gasteiger partial charge in [-0.2, -0.15) is 0 Å². The molecule has 0 fully saturated rings. The fourth-order valence-corrected chi connectivity index (χ4v) is 6.70. The molecule has 0 spiro atoms. The van der Waals surface area contributed by atoms with Crippen LogP contribution in [-0.2, 0) is 0 Å². The van der Waals surface area contributed by atoms with Crippen LogP contribution in [0.5, 0.6) is 0 Å². The molecule has 0 unspecified atom stereocenters. The molecule has 0 saturated heterocycles.